The predicted molar refractivity (Wildman–Crippen MR) is 97.7 cm³/mol. The Morgan fingerprint density at radius 3 is 2.50 bits per heavy atom. The first-order chi connectivity index (χ1) is 11.7. The number of hydrogen-bond acceptors (Lipinski definition) is 2. The van der Waals surface area contributed by atoms with Crippen molar-refractivity contribution in [3.05, 3.63) is 47.0 Å². The molecule has 124 valence electrons. The van der Waals surface area contributed by atoms with E-state index < -0.39 is 0 Å². The number of anilines is 1. The summed E-state index contributed by atoms with van der Waals surface area (Å²) in [6.07, 6.45) is 5.52. The number of hydrogen-bond donors (Lipinski definition) is 1. The molecular formula is C21H26N3+. The van der Waals surface area contributed by atoms with Gasteiger partial charge in [0.15, 0.2) is 0 Å². The van der Waals surface area contributed by atoms with E-state index in [1.165, 1.54) is 35.2 Å². The van der Waals surface area contributed by atoms with E-state index in [1.54, 1.807) is 0 Å². The Morgan fingerprint density at radius 2 is 1.83 bits per heavy atom. The number of rotatable bonds is 5. The fourth-order valence-corrected chi connectivity index (χ4v) is 3.46. The lowest BCUT2D eigenvalue weighted by Gasteiger charge is -2.20. The Morgan fingerprint density at radius 1 is 1.12 bits per heavy atom. The molecule has 1 heterocycles. The van der Waals surface area contributed by atoms with Crippen LogP contribution in [0.25, 0.3) is 11.3 Å². The molecule has 0 bridgehead atoms. The molecule has 0 saturated carbocycles. The van der Waals surface area contributed by atoms with Crippen LogP contribution in [0.2, 0.25) is 0 Å². The van der Waals surface area contributed by atoms with Crippen molar-refractivity contribution in [3.8, 4) is 17.3 Å². The maximum atomic E-state index is 9.73. The van der Waals surface area contributed by atoms with E-state index in [1.807, 2.05) is 6.07 Å². The van der Waals surface area contributed by atoms with E-state index in [4.69, 9.17) is 0 Å². The second kappa shape index (κ2) is 7.49. The molecule has 3 heteroatoms. The van der Waals surface area contributed by atoms with Gasteiger partial charge in [-0.25, -0.2) is 4.98 Å². The number of nitrogens with one attached hydrogen (secondary N) is 2. The third-order valence-corrected chi connectivity index (χ3v) is 4.77. The highest BCUT2D eigenvalue weighted by atomic mass is 15.0. The molecular weight excluding hydrogens is 294 g/mol. The topological polar surface area (TPSA) is 50.0 Å². The molecule has 0 unspecified atom stereocenters. The number of aromatic nitrogens is 1. The van der Waals surface area contributed by atoms with Gasteiger partial charge in [0, 0.05) is 11.1 Å². The second-order valence-electron chi connectivity index (χ2n) is 7.00. The average Bonchev–Trinajstić information content (AvgIpc) is 2.61. The van der Waals surface area contributed by atoms with Crippen molar-refractivity contribution in [2.24, 2.45) is 5.92 Å². The summed E-state index contributed by atoms with van der Waals surface area (Å²) in [5, 5.41) is 13.2. The van der Waals surface area contributed by atoms with Gasteiger partial charge in [0.05, 0.1) is 6.54 Å². The fourth-order valence-electron chi connectivity index (χ4n) is 3.46. The van der Waals surface area contributed by atoms with Crippen LogP contribution >= 0.6 is 0 Å². The normalized spacial score (nSPS) is 13.4. The van der Waals surface area contributed by atoms with Gasteiger partial charge in [-0.15, -0.1) is 0 Å². The van der Waals surface area contributed by atoms with Gasteiger partial charge in [-0.05, 0) is 43.6 Å². The van der Waals surface area contributed by atoms with Crippen molar-refractivity contribution in [1.29, 1.82) is 5.26 Å². The van der Waals surface area contributed by atoms with Gasteiger partial charge in [-0.3, -0.25) is 5.32 Å². The zero-order valence-corrected chi connectivity index (χ0v) is 14.7. The number of fused-ring (bicyclic) bond motifs is 1. The van der Waals surface area contributed by atoms with Gasteiger partial charge < -0.3 is 0 Å². The molecule has 0 atom stereocenters. The first kappa shape index (κ1) is 16.5. The van der Waals surface area contributed by atoms with Crippen molar-refractivity contribution in [3.63, 3.8) is 0 Å². The van der Waals surface area contributed by atoms with Crippen molar-refractivity contribution in [1.82, 2.24) is 0 Å². The summed E-state index contributed by atoms with van der Waals surface area (Å²) in [4.78, 5) is 3.55. The molecule has 2 aromatic rings. The maximum Gasteiger partial charge on any atom is 0.291 e. The van der Waals surface area contributed by atoms with Crippen LogP contribution in [0.15, 0.2) is 30.3 Å². The predicted octanol–water partition coefficient (Wildman–Crippen LogP) is 4.38. The van der Waals surface area contributed by atoms with Gasteiger partial charge in [-0.1, -0.05) is 44.2 Å². The molecule has 2 N–H and O–H groups in total. The summed E-state index contributed by atoms with van der Waals surface area (Å²) in [7, 11) is 0. The van der Waals surface area contributed by atoms with Crippen molar-refractivity contribution >= 4 is 5.82 Å². The van der Waals surface area contributed by atoms with E-state index in [9.17, 15) is 5.26 Å². The van der Waals surface area contributed by atoms with Gasteiger partial charge in [0.1, 0.15) is 17.3 Å². The van der Waals surface area contributed by atoms with Crippen LogP contribution < -0.4 is 10.3 Å². The summed E-state index contributed by atoms with van der Waals surface area (Å²) in [5.74, 6) is 1.53. The Hall–Kier alpha value is -2.34. The van der Waals surface area contributed by atoms with Crippen LogP contribution in [-0.2, 0) is 12.8 Å². The fraction of sp³-hybridized carbons (Fsp3) is 0.429. The van der Waals surface area contributed by atoms with Crippen LogP contribution in [0.3, 0.4) is 0 Å². The second-order valence-corrected chi connectivity index (χ2v) is 7.00. The minimum atomic E-state index is 0.647. The average molecular weight is 320 g/mol. The molecule has 0 amide bonds. The monoisotopic (exact) mass is 320 g/mol. The summed E-state index contributed by atoms with van der Waals surface area (Å²) in [6.45, 7) is 5.33. The van der Waals surface area contributed by atoms with Gasteiger partial charge >= 0.3 is 0 Å². The molecule has 1 aliphatic rings. The first-order valence-electron chi connectivity index (χ1n) is 9.01. The van der Waals surface area contributed by atoms with E-state index >= 15 is 0 Å². The highest BCUT2D eigenvalue weighted by Crippen LogP contribution is 2.32. The Kier molecular flexibility index (Phi) is 5.15. The van der Waals surface area contributed by atoms with Crippen LogP contribution in [0.5, 0.6) is 0 Å². The molecule has 0 aliphatic heterocycles. The quantitative estimate of drug-likeness (QED) is 0.889. The van der Waals surface area contributed by atoms with Crippen LogP contribution in [0.1, 0.15) is 49.8 Å². The van der Waals surface area contributed by atoms with Crippen molar-refractivity contribution in [2.75, 3.05) is 11.9 Å². The van der Waals surface area contributed by atoms with Gasteiger partial charge in [-0.2, -0.15) is 5.26 Å². The van der Waals surface area contributed by atoms with Gasteiger partial charge in [0.25, 0.3) is 5.82 Å². The Bertz CT molecular complexity index is 742. The summed E-state index contributed by atoms with van der Waals surface area (Å²) < 4.78 is 0. The van der Waals surface area contributed by atoms with Crippen LogP contribution in [0.4, 0.5) is 5.82 Å². The van der Waals surface area contributed by atoms with Crippen molar-refractivity contribution < 1.29 is 4.98 Å². The molecule has 0 radical (unpaired) electrons. The number of benzene rings is 1. The molecule has 3 nitrogen and oxygen atoms in total. The van der Waals surface area contributed by atoms with E-state index in [2.05, 4.69) is 54.5 Å². The minimum Gasteiger partial charge on any atom is -0.273 e. The zero-order valence-electron chi connectivity index (χ0n) is 14.7. The summed E-state index contributed by atoms with van der Waals surface area (Å²) in [6, 6.07) is 12.9. The lowest BCUT2D eigenvalue weighted by Crippen LogP contribution is -2.24. The minimum absolute atomic E-state index is 0.647. The van der Waals surface area contributed by atoms with Crippen LogP contribution in [-0.4, -0.2) is 6.54 Å². The van der Waals surface area contributed by atoms with E-state index in [-0.39, 0.29) is 0 Å². The Balaban J connectivity index is 2.07. The highest BCUT2D eigenvalue weighted by Gasteiger charge is 2.26. The highest BCUT2D eigenvalue weighted by molar-refractivity contribution is 5.67. The largest absolute Gasteiger partial charge is 0.291 e. The molecule has 0 fully saturated rings. The third kappa shape index (κ3) is 3.43. The molecule has 24 heavy (non-hydrogen) atoms. The maximum absolute atomic E-state index is 9.73. The summed E-state index contributed by atoms with van der Waals surface area (Å²) in [5.41, 5.74) is 5.77. The SMILES string of the molecule is CC(C)CCNc1[nH+]c(-c2ccccc2)c2c(c1C#N)CCCC2. The Labute approximate surface area is 144 Å². The molecule has 3 rings (SSSR count). The van der Waals surface area contributed by atoms with E-state index in [0.717, 1.165) is 37.2 Å². The van der Waals surface area contributed by atoms with E-state index in [0.29, 0.717) is 5.92 Å². The zero-order chi connectivity index (χ0) is 16.9. The number of nitrogens with zero attached hydrogens (tertiary/aromatic N) is 1. The third-order valence-electron chi connectivity index (χ3n) is 4.77. The summed E-state index contributed by atoms with van der Waals surface area (Å²) >= 11 is 0. The number of aromatic amines is 1. The number of H-pyrrole nitrogens is 1. The molecule has 0 spiro atoms. The standard InChI is InChI=1S/C21H25N3/c1-15(2)12-13-23-21-19(14-22)17-10-6-7-11-18(17)20(24-21)16-8-4-3-5-9-16/h3-5,8-9,15H,6-7,10-13H2,1-2H3,(H,23,24)/p+1. The van der Waals surface area contributed by atoms with Gasteiger partial charge in [0.2, 0.25) is 0 Å². The molecule has 1 aromatic carbocycles. The lowest BCUT2D eigenvalue weighted by molar-refractivity contribution is -0.348. The molecule has 1 aliphatic carbocycles. The molecule has 0 saturated heterocycles. The first-order valence-corrected chi connectivity index (χ1v) is 9.01. The smallest absolute Gasteiger partial charge is 0.273 e. The van der Waals surface area contributed by atoms with Crippen molar-refractivity contribution in [2.45, 2.75) is 46.0 Å². The van der Waals surface area contributed by atoms with Crippen LogP contribution in [0, 0.1) is 17.2 Å². The lowest BCUT2D eigenvalue weighted by atomic mass is 9.86. The molecule has 1 aromatic heterocycles. The number of nitriles is 1. The number of pyridine rings is 1.